The molecule has 0 aliphatic rings. The van der Waals surface area contributed by atoms with Crippen molar-refractivity contribution in [2.24, 2.45) is 0 Å². The maximum atomic E-state index is 6.17. The molecule has 0 fully saturated rings. The Morgan fingerprint density at radius 2 is 1.89 bits per heavy atom. The van der Waals surface area contributed by atoms with Gasteiger partial charge in [0.25, 0.3) is 0 Å². The second-order valence-corrected chi connectivity index (χ2v) is 6.07. The topological polar surface area (TPSA) is 12.0 Å². The molecule has 1 N–H and O–H groups in total. The smallest absolute Gasteiger partial charge is 0.0545 e. The molecule has 96 valence electrons. The maximum absolute atomic E-state index is 6.17. The highest BCUT2D eigenvalue weighted by molar-refractivity contribution is 7.10. The standard InChI is InChI=1S/C15H18ClNS/c1-10-6-11(2)8-12(7-10)14(17-3)9-15-13(16)4-5-18-15/h4-8,14,17H,9H2,1-3H3. The van der Waals surface area contributed by atoms with Gasteiger partial charge >= 0.3 is 0 Å². The number of nitrogens with one attached hydrogen (secondary N) is 1. The zero-order chi connectivity index (χ0) is 13.1. The minimum Gasteiger partial charge on any atom is -0.313 e. The number of hydrogen-bond acceptors (Lipinski definition) is 2. The zero-order valence-electron chi connectivity index (χ0n) is 11.0. The number of benzene rings is 1. The van der Waals surface area contributed by atoms with E-state index in [0.29, 0.717) is 6.04 Å². The lowest BCUT2D eigenvalue weighted by molar-refractivity contribution is 0.596. The van der Waals surface area contributed by atoms with E-state index in [1.54, 1.807) is 11.3 Å². The quantitative estimate of drug-likeness (QED) is 0.868. The molecule has 18 heavy (non-hydrogen) atoms. The Hall–Kier alpha value is -0.830. The summed E-state index contributed by atoms with van der Waals surface area (Å²) < 4.78 is 0. The van der Waals surface area contributed by atoms with Gasteiger partial charge in [0, 0.05) is 17.3 Å². The van der Waals surface area contributed by atoms with Gasteiger partial charge in [-0.2, -0.15) is 0 Å². The molecule has 1 heterocycles. The van der Waals surface area contributed by atoms with Crippen molar-refractivity contribution in [1.82, 2.24) is 5.32 Å². The molecule has 0 aliphatic heterocycles. The minimum atomic E-state index is 0.319. The SMILES string of the molecule is CNC(Cc1sccc1Cl)c1cc(C)cc(C)c1. The second-order valence-electron chi connectivity index (χ2n) is 4.66. The Balaban J connectivity index is 2.25. The first-order valence-electron chi connectivity index (χ1n) is 6.07. The van der Waals surface area contributed by atoms with Crippen molar-refractivity contribution in [3.05, 3.63) is 56.2 Å². The Labute approximate surface area is 118 Å². The van der Waals surface area contributed by atoms with E-state index in [-0.39, 0.29) is 0 Å². The maximum Gasteiger partial charge on any atom is 0.0545 e. The summed E-state index contributed by atoms with van der Waals surface area (Å²) in [6.07, 6.45) is 0.940. The zero-order valence-corrected chi connectivity index (χ0v) is 12.5. The molecule has 0 saturated heterocycles. The van der Waals surface area contributed by atoms with Crippen LogP contribution in [0.3, 0.4) is 0 Å². The predicted octanol–water partition coefficient (Wildman–Crippen LogP) is 4.52. The summed E-state index contributed by atoms with van der Waals surface area (Å²) in [5, 5.41) is 6.31. The first kappa shape index (κ1) is 13.6. The van der Waals surface area contributed by atoms with Crippen LogP contribution in [0.1, 0.15) is 27.6 Å². The first-order chi connectivity index (χ1) is 8.60. The van der Waals surface area contributed by atoms with Crippen LogP contribution in [0.2, 0.25) is 5.02 Å². The molecule has 0 aliphatic carbocycles. The molecule has 0 bridgehead atoms. The number of aryl methyl sites for hydroxylation is 2. The predicted molar refractivity (Wildman–Crippen MR) is 80.7 cm³/mol. The number of likely N-dealkylation sites (N-methyl/N-ethyl adjacent to an activating group) is 1. The van der Waals surface area contributed by atoms with Crippen LogP contribution in [0.25, 0.3) is 0 Å². The molecule has 1 aromatic heterocycles. The molecule has 1 aromatic carbocycles. The average Bonchev–Trinajstić information content (AvgIpc) is 2.70. The van der Waals surface area contributed by atoms with Crippen LogP contribution in [0, 0.1) is 13.8 Å². The third-order valence-corrected chi connectivity index (χ3v) is 4.48. The van der Waals surface area contributed by atoms with E-state index in [1.165, 1.54) is 21.6 Å². The highest BCUT2D eigenvalue weighted by Crippen LogP contribution is 2.28. The number of thiophene rings is 1. The van der Waals surface area contributed by atoms with Crippen LogP contribution in [0.4, 0.5) is 0 Å². The highest BCUT2D eigenvalue weighted by atomic mass is 35.5. The van der Waals surface area contributed by atoms with Gasteiger partial charge in [-0.3, -0.25) is 0 Å². The van der Waals surface area contributed by atoms with E-state index >= 15 is 0 Å². The lowest BCUT2D eigenvalue weighted by Gasteiger charge is -2.17. The van der Waals surface area contributed by atoms with Gasteiger partial charge < -0.3 is 5.32 Å². The largest absolute Gasteiger partial charge is 0.313 e. The molecule has 0 saturated carbocycles. The van der Waals surface area contributed by atoms with E-state index in [0.717, 1.165) is 11.4 Å². The highest BCUT2D eigenvalue weighted by Gasteiger charge is 2.13. The minimum absolute atomic E-state index is 0.319. The molecule has 0 spiro atoms. The van der Waals surface area contributed by atoms with Gasteiger partial charge in [0.1, 0.15) is 0 Å². The summed E-state index contributed by atoms with van der Waals surface area (Å²) in [4.78, 5) is 1.25. The average molecular weight is 280 g/mol. The summed E-state index contributed by atoms with van der Waals surface area (Å²) in [7, 11) is 2.00. The van der Waals surface area contributed by atoms with E-state index < -0.39 is 0 Å². The molecule has 1 unspecified atom stereocenters. The van der Waals surface area contributed by atoms with Crippen molar-refractivity contribution in [2.75, 3.05) is 7.05 Å². The molecule has 3 heteroatoms. The van der Waals surface area contributed by atoms with Crippen molar-refractivity contribution < 1.29 is 0 Å². The molecule has 2 aromatic rings. The summed E-state index contributed by atoms with van der Waals surface area (Å²) in [6.45, 7) is 4.28. The molecule has 1 nitrogen and oxygen atoms in total. The van der Waals surface area contributed by atoms with E-state index in [9.17, 15) is 0 Å². The number of hydrogen-bond donors (Lipinski definition) is 1. The van der Waals surface area contributed by atoms with Gasteiger partial charge in [0.05, 0.1) is 5.02 Å². The fourth-order valence-electron chi connectivity index (χ4n) is 2.25. The van der Waals surface area contributed by atoms with Crippen molar-refractivity contribution in [2.45, 2.75) is 26.3 Å². The fraction of sp³-hybridized carbons (Fsp3) is 0.333. The third-order valence-electron chi connectivity index (χ3n) is 3.08. The summed E-state index contributed by atoms with van der Waals surface area (Å²) in [5.74, 6) is 0. The van der Waals surface area contributed by atoms with Gasteiger partial charge in [0.2, 0.25) is 0 Å². The van der Waals surface area contributed by atoms with Gasteiger partial charge in [0.15, 0.2) is 0 Å². The summed E-state index contributed by atoms with van der Waals surface area (Å²) in [5.41, 5.74) is 3.95. The summed E-state index contributed by atoms with van der Waals surface area (Å²) >= 11 is 7.90. The Morgan fingerprint density at radius 3 is 2.39 bits per heavy atom. The fourth-order valence-corrected chi connectivity index (χ4v) is 3.41. The monoisotopic (exact) mass is 279 g/mol. The molecular weight excluding hydrogens is 262 g/mol. The van der Waals surface area contributed by atoms with Crippen LogP contribution in [-0.2, 0) is 6.42 Å². The van der Waals surface area contributed by atoms with Crippen molar-refractivity contribution in [1.29, 1.82) is 0 Å². The third kappa shape index (κ3) is 3.14. The lowest BCUT2D eigenvalue weighted by Crippen LogP contribution is -2.18. The Kier molecular flexibility index (Phi) is 4.44. The van der Waals surface area contributed by atoms with Crippen LogP contribution in [-0.4, -0.2) is 7.05 Å². The first-order valence-corrected chi connectivity index (χ1v) is 7.33. The van der Waals surface area contributed by atoms with E-state index in [1.807, 2.05) is 18.5 Å². The van der Waals surface area contributed by atoms with E-state index in [4.69, 9.17) is 11.6 Å². The van der Waals surface area contributed by atoms with Crippen molar-refractivity contribution in [3.63, 3.8) is 0 Å². The van der Waals surface area contributed by atoms with Crippen molar-refractivity contribution in [3.8, 4) is 0 Å². The van der Waals surface area contributed by atoms with Gasteiger partial charge in [-0.05, 0) is 37.9 Å². The summed E-state index contributed by atoms with van der Waals surface area (Å²) in [6, 6.07) is 8.98. The number of rotatable bonds is 4. The Morgan fingerprint density at radius 1 is 1.22 bits per heavy atom. The molecule has 0 radical (unpaired) electrons. The van der Waals surface area contributed by atoms with Crippen molar-refractivity contribution >= 4 is 22.9 Å². The van der Waals surface area contributed by atoms with Gasteiger partial charge in [-0.25, -0.2) is 0 Å². The second kappa shape index (κ2) is 5.87. The number of halogens is 1. The van der Waals surface area contributed by atoms with Crippen LogP contribution >= 0.6 is 22.9 Å². The van der Waals surface area contributed by atoms with Gasteiger partial charge in [-0.1, -0.05) is 40.9 Å². The van der Waals surface area contributed by atoms with Crippen LogP contribution in [0.5, 0.6) is 0 Å². The molecule has 0 amide bonds. The lowest BCUT2D eigenvalue weighted by atomic mass is 9.99. The van der Waals surface area contributed by atoms with Crippen LogP contribution < -0.4 is 5.32 Å². The Bertz CT molecular complexity index is 513. The molecule has 1 atom stereocenters. The molecular formula is C15H18ClNS. The van der Waals surface area contributed by atoms with Gasteiger partial charge in [-0.15, -0.1) is 11.3 Å². The van der Waals surface area contributed by atoms with Crippen LogP contribution in [0.15, 0.2) is 29.6 Å². The normalized spacial score (nSPS) is 12.7. The molecule has 2 rings (SSSR count). The van der Waals surface area contributed by atoms with E-state index in [2.05, 4.69) is 37.4 Å².